The Balaban J connectivity index is 2.64. The highest BCUT2D eigenvalue weighted by molar-refractivity contribution is 7.93. The number of rotatable bonds is 4. The summed E-state index contributed by atoms with van der Waals surface area (Å²) in [4.78, 5) is 23.1. The number of hydrogen-bond donors (Lipinski definition) is 3. The zero-order chi connectivity index (χ0) is 19.0. The number of carbonyl (C=O) groups excluding carboxylic acids is 2. The summed E-state index contributed by atoms with van der Waals surface area (Å²) in [6.07, 6.45) is 0. The van der Waals surface area contributed by atoms with Crippen LogP contribution in [0.3, 0.4) is 0 Å². The van der Waals surface area contributed by atoms with Crippen LogP contribution in [0, 0.1) is 5.41 Å². The van der Waals surface area contributed by atoms with Gasteiger partial charge in [-0.15, -0.1) is 0 Å². The number of sulfone groups is 1. The van der Waals surface area contributed by atoms with Gasteiger partial charge in [0.25, 0.3) is 4.99 Å². The summed E-state index contributed by atoms with van der Waals surface area (Å²) in [5, 5.41) is 11.8. The molecule has 1 unspecified atom stereocenters. The third-order valence-corrected chi connectivity index (χ3v) is 6.57. The largest absolute Gasteiger partial charge is 0.497 e. The maximum atomic E-state index is 13.2. The highest BCUT2D eigenvalue weighted by Crippen LogP contribution is 2.35. The number of hydroxylamine groups is 1. The van der Waals surface area contributed by atoms with Gasteiger partial charge in [-0.05, 0) is 38.1 Å². The molecule has 0 aromatic heterocycles. The van der Waals surface area contributed by atoms with Gasteiger partial charge in [0.05, 0.1) is 17.4 Å². The molecule has 1 aromatic rings. The molecule has 138 valence electrons. The second kappa shape index (κ2) is 6.28. The lowest BCUT2D eigenvalue weighted by Gasteiger charge is -2.47. The van der Waals surface area contributed by atoms with Crippen LogP contribution in [0.4, 0.5) is 0 Å². The van der Waals surface area contributed by atoms with Gasteiger partial charge in [0.2, 0.25) is 15.7 Å². The molecule has 1 fully saturated rings. The predicted molar refractivity (Wildman–Crippen MR) is 87.4 cm³/mol. The normalized spacial score (nSPS) is 23.2. The molecule has 1 aliphatic rings. The number of amides is 2. The third kappa shape index (κ3) is 2.75. The topological polar surface area (TPSA) is 125 Å². The Labute approximate surface area is 145 Å². The average Bonchev–Trinajstić information content (AvgIpc) is 2.59. The van der Waals surface area contributed by atoms with Crippen molar-refractivity contribution in [1.29, 1.82) is 0 Å². The van der Waals surface area contributed by atoms with E-state index in [0.717, 1.165) is 4.90 Å². The Bertz CT molecular complexity index is 790. The van der Waals surface area contributed by atoms with Crippen LogP contribution in [0.15, 0.2) is 29.2 Å². The number of nitrogens with zero attached hydrogens (tertiary/aromatic N) is 1. The first-order valence-electron chi connectivity index (χ1n) is 7.41. The monoisotopic (exact) mass is 371 g/mol. The van der Waals surface area contributed by atoms with Crippen LogP contribution in [0.1, 0.15) is 13.8 Å². The van der Waals surface area contributed by atoms with E-state index in [9.17, 15) is 18.0 Å². The fourth-order valence-corrected chi connectivity index (χ4v) is 4.59. The maximum absolute atomic E-state index is 13.2. The van der Waals surface area contributed by atoms with Crippen LogP contribution >= 0.6 is 0 Å². The third-order valence-electron chi connectivity index (χ3n) is 4.29. The van der Waals surface area contributed by atoms with Crippen molar-refractivity contribution in [1.82, 2.24) is 15.7 Å². The molecule has 3 N–H and O–H groups in total. The van der Waals surface area contributed by atoms with Crippen molar-refractivity contribution in [3.05, 3.63) is 24.3 Å². The summed E-state index contributed by atoms with van der Waals surface area (Å²) in [5.74, 6) is -1.39. The molecule has 0 aliphatic carbocycles. The van der Waals surface area contributed by atoms with Crippen molar-refractivity contribution in [3.63, 3.8) is 0 Å². The van der Waals surface area contributed by atoms with E-state index in [1.807, 2.05) is 0 Å². The molecule has 1 heterocycles. The van der Waals surface area contributed by atoms with E-state index in [0.29, 0.717) is 5.75 Å². The molecule has 0 bridgehead atoms. The van der Waals surface area contributed by atoms with E-state index in [1.54, 1.807) is 13.8 Å². The van der Waals surface area contributed by atoms with Gasteiger partial charge in [-0.3, -0.25) is 20.1 Å². The molecule has 1 saturated heterocycles. The summed E-state index contributed by atoms with van der Waals surface area (Å²) in [7, 11) is -1.79. The smallest absolute Gasteiger partial charge is 0.301 e. The standard InChI is InChI=1S/C15H21N3O6S/c1-14(2)9-16-15(12(19)17-21,18(3)13(14)20)25(22,23)11-7-5-10(24-4)6-8-11/h5-8,16,21H,9H2,1-4H3,(H,17,19). The molecule has 1 atom stereocenters. The lowest BCUT2D eigenvalue weighted by Crippen LogP contribution is -2.77. The van der Waals surface area contributed by atoms with E-state index >= 15 is 0 Å². The van der Waals surface area contributed by atoms with Gasteiger partial charge in [-0.2, -0.15) is 0 Å². The van der Waals surface area contributed by atoms with Crippen LogP contribution in [0.2, 0.25) is 0 Å². The molecule has 2 amide bonds. The summed E-state index contributed by atoms with van der Waals surface area (Å²) < 4.78 is 31.4. The van der Waals surface area contributed by atoms with Crippen molar-refractivity contribution < 1.29 is 28.0 Å². The zero-order valence-corrected chi connectivity index (χ0v) is 15.2. The van der Waals surface area contributed by atoms with Crippen molar-refractivity contribution in [2.75, 3.05) is 20.7 Å². The van der Waals surface area contributed by atoms with E-state index in [-0.39, 0.29) is 11.4 Å². The van der Waals surface area contributed by atoms with Gasteiger partial charge in [0.1, 0.15) is 5.75 Å². The summed E-state index contributed by atoms with van der Waals surface area (Å²) in [5.41, 5.74) is 0.440. The van der Waals surface area contributed by atoms with Crippen molar-refractivity contribution in [3.8, 4) is 5.75 Å². The molecule has 0 radical (unpaired) electrons. The Morgan fingerprint density at radius 1 is 1.32 bits per heavy atom. The van der Waals surface area contributed by atoms with Crippen molar-refractivity contribution in [2.24, 2.45) is 5.41 Å². The first kappa shape index (κ1) is 19.2. The van der Waals surface area contributed by atoms with Gasteiger partial charge in [-0.25, -0.2) is 13.9 Å². The molecular weight excluding hydrogens is 350 g/mol. The molecule has 25 heavy (non-hydrogen) atoms. The summed E-state index contributed by atoms with van der Waals surface area (Å²) in [6.45, 7) is 3.18. The Hall–Kier alpha value is -2.17. The van der Waals surface area contributed by atoms with Crippen LogP contribution < -0.4 is 15.5 Å². The lowest BCUT2D eigenvalue weighted by atomic mass is 9.89. The number of nitrogens with one attached hydrogen (secondary N) is 2. The van der Waals surface area contributed by atoms with E-state index in [2.05, 4.69) is 5.32 Å². The number of methoxy groups -OCH3 is 1. The number of carbonyl (C=O) groups is 2. The average molecular weight is 371 g/mol. The van der Waals surface area contributed by atoms with E-state index < -0.39 is 32.1 Å². The minimum Gasteiger partial charge on any atom is -0.497 e. The van der Waals surface area contributed by atoms with Gasteiger partial charge in [-0.1, -0.05) is 0 Å². The highest BCUT2D eigenvalue weighted by atomic mass is 32.2. The first-order valence-corrected chi connectivity index (χ1v) is 8.89. The van der Waals surface area contributed by atoms with E-state index in [1.165, 1.54) is 43.9 Å². The Morgan fingerprint density at radius 2 is 1.88 bits per heavy atom. The number of benzene rings is 1. The molecule has 0 saturated carbocycles. The molecule has 1 aliphatic heterocycles. The first-order chi connectivity index (χ1) is 11.5. The Morgan fingerprint density at radius 3 is 2.36 bits per heavy atom. The summed E-state index contributed by atoms with van der Waals surface area (Å²) >= 11 is 0. The SMILES string of the molecule is COc1ccc(S(=O)(=O)C2(C(=O)NO)NCC(C)(C)C(=O)N2C)cc1. The molecule has 1 aromatic carbocycles. The molecule has 9 nitrogen and oxygen atoms in total. The second-order valence-corrected chi connectivity index (χ2v) is 8.43. The van der Waals surface area contributed by atoms with Crippen molar-refractivity contribution in [2.45, 2.75) is 23.7 Å². The van der Waals surface area contributed by atoms with Gasteiger partial charge in [0.15, 0.2) is 0 Å². The zero-order valence-electron chi connectivity index (χ0n) is 14.4. The molecule has 10 heteroatoms. The predicted octanol–water partition coefficient (Wildman–Crippen LogP) is -0.284. The van der Waals surface area contributed by atoms with Crippen LogP contribution in [0.5, 0.6) is 5.75 Å². The Kier molecular flexibility index (Phi) is 4.81. The number of hydrogen-bond acceptors (Lipinski definition) is 7. The van der Waals surface area contributed by atoms with Gasteiger partial charge in [0, 0.05) is 13.6 Å². The fraction of sp³-hybridized carbons (Fsp3) is 0.467. The van der Waals surface area contributed by atoms with Crippen LogP contribution in [0.25, 0.3) is 0 Å². The lowest BCUT2D eigenvalue weighted by molar-refractivity contribution is -0.157. The quantitative estimate of drug-likeness (QED) is 0.491. The van der Waals surface area contributed by atoms with Gasteiger partial charge < -0.3 is 9.64 Å². The van der Waals surface area contributed by atoms with E-state index in [4.69, 9.17) is 9.94 Å². The summed E-state index contributed by atoms with van der Waals surface area (Å²) in [6, 6.07) is 5.37. The molecular formula is C15H21N3O6S. The minimum atomic E-state index is -4.43. The van der Waals surface area contributed by atoms with Crippen molar-refractivity contribution >= 4 is 21.7 Å². The fourth-order valence-electron chi connectivity index (χ4n) is 2.76. The highest BCUT2D eigenvalue weighted by Gasteiger charge is 2.61. The molecule has 0 spiro atoms. The van der Waals surface area contributed by atoms with Gasteiger partial charge >= 0.3 is 5.91 Å². The number of likely N-dealkylation sites (N-methyl/N-ethyl adjacent to an activating group) is 1. The minimum absolute atomic E-state index is 0.0705. The maximum Gasteiger partial charge on any atom is 0.301 e. The van der Waals surface area contributed by atoms with Crippen LogP contribution in [-0.2, 0) is 19.4 Å². The second-order valence-electron chi connectivity index (χ2n) is 6.37. The van der Waals surface area contributed by atoms with Crippen LogP contribution in [-0.4, -0.2) is 56.0 Å². The number of ether oxygens (including phenoxy) is 1. The molecule has 2 rings (SSSR count).